The zero-order valence-corrected chi connectivity index (χ0v) is 11.9. The molecule has 3 rings (SSSR count). The number of fused-ring (bicyclic) bond motifs is 1. The van der Waals surface area contributed by atoms with Gasteiger partial charge < -0.3 is 9.84 Å². The lowest BCUT2D eigenvalue weighted by Gasteiger charge is -2.32. The summed E-state index contributed by atoms with van der Waals surface area (Å²) >= 11 is 0. The molecule has 3 nitrogen and oxygen atoms in total. The molecular weight excluding hydrogens is 309 g/mol. The Hall–Kier alpha value is -2.50. The lowest BCUT2D eigenvalue weighted by atomic mass is 9.89. The smallest absolute Gasteiger partial charge is 0.426 e. The Kier molecular flexibility index (Phi) is 3.75. The maximum absolute atomic E-state index is 13.1. The number of alkyl halides is 3. The molecule has 0 fully saturated rings. The molecule has 2 aromatic rings. The molecule has 6 heteroatoms. The molecule has 1 aliphatic heterocycles. The van der Waals surface area contributed by atoms with Crippen molar-refractivity contribution in [3.8, 4) is 16.9 Å². The van der Waals surface area contributed by atoms with Crippen LogP contribution in [0.3, 0.4) is 0 Å². The average Bonchev–Trinajstić information content (AvgIpc) is 2.53. The fourth-order valence-electron chi connectivity index (χ4n) is 2.72. The van der Waals surface area contributed by atoms with Crippen molar-refractivity contribution < 1.29 is 27.8 Å². The highest BCUT2D eigenvalue weighted by molar-refractivity contribution is 5.73. The molecule has 1 aliphatic rings. The Morgan fingerprint density at radius 1 is 1.09 bits per heavy atom. The van der Waals surface area contributed by atoms with Gasteiger partial charge in [0.05, 0.1) is 0 Å². The summed E-state index contributed by atoms with van der Waals surface area (Å²) < 4.78 is 44.3. The number of benzene rings is 2. The molecule has 1 N–H and O–H groups in total. The first kappa shape index (κ1) is 15.4. The van der Waals surface area contributed by atoms with E-state index in [1.165, 1.54) is 6.07 Å². The molecule has 0 spiro atoms. The number of ether oxygens (including phenoxy) is 1. The van der Waals surface area contributed by atoms with Gasteiger partial charge >= 0.3 is 12.1 Å². The van der Waals surface area contributed by atoms with Crippen molar-refractivity contribution in [1.29, 1.82) is 0 Å². The fraction of sp³-hybridized carbons (Fsp3) is 0.235. The number of carbonyl (C=O) groups is 1. The number of aliphatic carboxylic acids is 1. The fourth-order valence-corrected chi connectivity index (χ4v) is 2.72. The highest BCUT2D eigenvalue weighted by Crippen LogP contribution is 2.40. The quantitative estimate of drug-likeness (QED) is 0.911. The van der Waals surface area contributed by atoms with Crippen molar-refractivity contribution in [2.24, 2.45) is 5.92 Å². The lowest BCUT2D eigenvalue weighted by Crippen LogP contribution is -2.47. The van der Waals surface area contributed by atoms with Crippen LogP contribution in [0.4, 0.5) is 13.2 Å². The number of hydrogen-bond donors (Lipinski definition) is 1. The van der Waals surface area contributed by atoms with E-state index < -0.39 is 24.2 Å². The summed E-state index contributed by atoms with van der Waals surface area (Å²) in [5.41, 5.74) is 2.04. The highest BCUT2D eigenvalue weighted by Gasteiger charge is 2.52. The second-order valence-corrected chi connectivity index (χ2v) is 5.42. The molecule has 0 saturated carbocycles. The van der Waals surface area contributed by atoms with Gasteiger partial charge in [0.15, 0.2) is 0 Å². The molecule has 0 amide bonds. The molecule has 0 unspecified atom stereocenters. The zero-order valence-electron chi connectivity index (χ0n) is 11.9. The summed E-state index contributed by atoms with van der Waals surface area (Å²) in [4.78, 5) is 11.1. The first-order valence-electron chi connectivity index (χ1n) is 7.01. The monoisotopic (exact) mass is 322 g/mol. The van der Waals surface area contributed by atoms with Crippen LogP contribution in [0.5, 0.6) is 5.75 Å². The van der Waals surface area contributed by atoms with Crippen LogP contribution in [0.15, 0.2) is 48.5 Å². The third kappa shape index (κ3) is 3.02. The van der Waals surface area contributed by atoms with Gasteiger partial charge in [0.25, 0.3) is 0 Å². The predicted molar refractivity (Wildman–Crippen MR) is 77.2 cm³/mol. The van der Waals surface area contributed by atoms with Gasteiger partial charge in [0, 0.05) is 0 Å². The largest absolute Gasteiger partial charge is 0.481 e. The topological polar surface area (TPSA) is 46.5 Å². The third-order valence-electron chi connectivity index (χ3n) is 3.87. The van der Waals surface area contributed by atoms with Crippen molar-refractivity contribution in [2.75, 3.05) is 0 Å². The summed E-state index contributed by atoms with van der Waals surface area (Å²) in [5.74, 6) is -3.05. The Morgan fingerprint density at radius 3 is 2.39 bits per heavy atom. The first-order chi connectivity index (χ1) is 10.9. The van der Waals surface area contributed by atoms with Gasteiger partial charge in [-0.2, -0.15) is 13.2 Å². The van der Waals surface area contributed by atoms with E-state index in [4.69, 9.17) is 9.84 Å². The van der Waals surface area contributed by atoms with Crippen LogP contribution >= 0.6 is 0 Å². The highest BCUT2D eigenvalue weighted by atomic mass is 19.4. The third-order valence-corrected chi connectivity index (χ3v) is 3.87. The van der Waals surface area contributed by atoms with Crippen LogP contribution in [-0.4, -0.2) is 23.4 Å². The first-order valence-corrected chi connectivity index (χ1v) is 7.01. The van der Waals surface area contributed by atoms with Gasteiger partial charge in [-0.1, -0.05) is 42.5 Å². The maximum Gasteiger partial charge on any atom is 0.426 e. The number of halogens is 3. The van der Waals surface area contributed by atoms with Crippen LogP contribution < -0.4 is 4.74 Å². The molecular formula is C17H13F3O3. The van der Waals surface area contributed by atoms with E-state index in [1.807, 2.05) is 30.3 Å². The summed E-state index contributed by atoms with van der Waals surface area (Å²) in [5, 5.41) is 9.05. The Bertz CT molecular complexity index is 726. The Labute approximate surface area is 130 Å². The van der Waals surface area contributed by atoms with Crippen molar-refractivity contribution >= 4 is 5.97 Å². The van der Waals surface area contributed by atoms with Gasteiger partial charge in [0.1, 0.15) is 11.7 Å². The van der Waals surface area contributed by atoms with Gasteiger partial charge in [-0.25, -0.2) is 0 Å². The number of hydrogen-bond acceptors (Lipinski definition) is 2. The number of carboxylic acids is 1. The van der Waals surface area contributed by atoms with Crippen LogP contribution in [0.1, 0.15) is 5.56 Å². The van der Waals surface area contributed by atoms with E-state index in [0.717, 1.165) is 11.1 Å². The second kappa shape index (κ2) is 5.61. The molecule has 0 aliphatic carbocycles. The van der Waals surface area contributed by atoms with Crippen LogP contribution in [0.2, 0.25) is 0 Å². The molecule has 23 heavy (non-hydrogen) atoms. The maximum atomic E-state index is 13.1. The van der Waals surface area contributed by atoms with E-state index in [0.29, 0.717) is 5.56 Å². The predicted octanol–water partition coefficient (Wildman–Crippen LogP) is 3.92. The molecule has 0 radical (unpaired) electrons. The van der Waals surface area contributed by atoms with Gasteiger partial charge in [-0.05, 0) is 29.2 Å². The SMILES string of the molecule is O=C(O)[C@@H]1Cc2ccc(-c3ccccc3)cc2O[C@@H]1C(F)(F)F. The van der Waals surface area contributed by atoms with Crippen molar-refractivity contribution in [1.82, 2.24) is 0 Å². The summed E-state index contributed by atoms with van der Waals surface area (Å²) in [6.07, 6.45) is -7.27. The molecule has 2 atom stereocenters. The van der Waals surface area contributed by atoms with E-state index in [-0.39, 0.29) is 12.2 Å². The van der Waals surface area contributed by atoms with E-state index in [1.54, 1.807) is 12.1 Å². The molecule has 1 heterocycles. The Balaban J connectivity index is 2.00. The average molecular weight is 322 g/mol. The minimum Gasteiger partial charge on any atom is -0.481 e. The lowest BCUT2D eigenvalue weighted by molar-refractivity contribution is -0.217. The molecule has 0 bridgehead atoms. The van der Waals surface area contributed by atoms with Crippen LogP contribution in [0, 0.1) is 5.92 Å². The molecule has 0 saturated heterocycles. The van der Waals surface area contributed by atoms with Crippen LogP contribution in [0.25, 0.3) is 11.1 Å². The minimum atomic E-state index is -4.73. The van der Waals surface area contributed by atoms with Crippen molar-refractivity contribution in [3.63, 3.8) is 0 Å². The molecule has 2 aromatic carbocycles. The standard InChI is InChI=1S/C17H13F3O3/c18-17(19,20)15-13(16(21)22)8-12-7-6-11(9-14(12)23-15)10-4-2-1-3-5-10/h1-7,9,13,15H,8H2,(H,21,22)/t13-,15+/m1/s1. The number of rotatable bonds is 2. The number of carboxylic acid groups (broad SMARTS) is 1. The van der Waals surface area contributed by atoms with Gasteiger partial charge in [-0.15, -0.1) is 0 Å². The van der Waals surface area contributed by atoms with E-state index >= 15 is 0 Å². The van der Waals surface area contributed by atoms with E-state index in [9.17, 15) is 18.0 Å². The molecule has 0 aromatic heterocycles. The minimum absolute atomic E-state index is 0.0891. The second-order valence-electron chi connectivity index (χ2n) is 5.42. The van der Waals surface area contributed by atoms with Crippen molar-refractivity contribution in [2.45, 2.75) is 18.7 Å². The normalized spacial score (nSPS) is 20.5. The van der Waals surface area contributed by atoms with Gasteiger partial charge in [-0.3, -0.25) is 4.79 Å². The van der Waals surface area contributed by atoms with Crippen molar-refractivity contribution in [3.05, 3.63) is 54.1 Å². The zero-order chi connectivity index (χ0) is 16.6. The molecule has 120 valence electrons. The Morgan fingerprint density at radius 2 is 1.78 bits per heavy atom. The summed E-state index contributed by atoms with van der Waals surface area (Å²) in [7, 11) is 0. The van der Waals surface area contributed by atoms with Crippen LogP contribution in [-0.2, 0) is 11.2 Å². The van der Waals surface area contributed by atoms with E-state index in [2.05, 4.69) is 0 Å². The summed E-state index contributed by atoms with van der Waals surface area (Å²) in [6.45, 7) is 0. The summed E-state index contributed by atoms with van der Waals surface area (Å²) in [6, 6.07) is 14.1. The van der Waals surface area contributed by atoms with Gasteiger partial charge in [0.2, 0.25) is 6.10 Å².